The number of phenols is 1. The van der Waals surface area contributed by atoms with E-state index in [1.165, 1.54) is 148 Å². The maximum Gasteiger partial charge on any atom is 0.313 e. The highest BCUT2D eigenvalue weighted by Gasteiger charge is 2.48. The van der Waals surface area contributed by atoms with Crippen molar-refractivity contribution in [3.05, 3.63) is 41.6 Å². The normalized spacial score (nSPS) is 17.9. The molecule has 304 valence electrons. The number of esters is 1. The van der Waals surface area contributed by atoms with E-state index in [9.17, 15) is 19.8 Å². The van der Waals surface area contributed by atoms with Gasteiger partial charge in [0, 0.05) is 30.8 Å². The number of aliphatic hydroxyl groups is 1. The number of carbonyl (C=O) groups is 2. The summed E-state index contributed by atoms with van der Waals surface area (Å²) in [7, 11) is 1.39. The maximum absolute atomic E-state index is 13.3. The summed E-state index contributed by atoms with van der Waals surface area (Å²) < 4.78 is 5.22. The molecule has 1 aliphatic heterocycles. The Balaban J connectivity index is 1.86. The van der Waals surface area contributed by atoms with E-state index >= 15 is 0 Å². The van der Waals surface area contributed by atoms with Crippen molar-refractivity contribution < 1.29 is 24.5 Å². The van der Waals surface area contributed by atoms with Crippen molar-refractivity contribution in [1.29, 1.82) is 0 Å². The number of hydrogen-bond acceptors (Lipinski definition) is 6. The first kappa shape index (κ1) is 46.8. The molecule has 0 amide bonds. The molecule has 0 spiro atoms. The minimum Gasteiger partial charge on any atom is -0.508 e. The molecule has 1 aromatic rings. The Labute approximate surface area is 325 Å². The van der Waals surface area contributed by atoms with Gasteiger partial charge in [-0.1, -0.05) is 193 Å². The van der Waals surface area contributed by atoms with Crippen LogP contribution in [-0.4, -0.2) is 52.7 Å². The van der Waals surface area contributed by atoms with E-state index in [-0.39, 0.29) is 17.6 Å². The number of carbonyl (C=O) groups excluding carboxylic acids is 2. The molecule has 0 bridgehead atoms. The van der Waals surface area contributed by atoms with Crippen LogP contribution in [0.2, 0.25) is 0 Å². The van der Waals surface area contributed by atoms with E-state index in [0.29, 0.717) is 25.1 Å². The number of aromatic hydroxyl groups is 1. The molecule has 0 unspecified atom stereocenters. The van der Waals surface area contributed by atoms with Gasteiger partial charge < -0.3 is 19.8 Å². The number of methoxy groups -OCH3 is 1. The number of ketones is 1. The highest BCUT2D eigenvalue weighted by atomic mass is 16.5. The molecule has 6 nitrogen and oxygen atoms in total. The first-order chi connectivity index (χ1) is 25.9. The van der Waals surface area contributed by atoms with Gasteiger partial charge in [0.1, 0.15) is 17.8 Å². The topological polar surface area (TPSA) is 87.1 Å². The summed E-state index contributed by atoms with van der Waals surface area (Å²) in [4.78, 5) is 28.6. The number of aliphatic hydroxyl groups excluding tert-OH is 1. The smallest absolute Gasteiger partial charge is 0.313 e. The third kappa shape index (κ3) is 20.8. The Hall–Kier alpha value is -2.34. The fraction of sp³-hybridized carbons (Fsp3) is 0.787. The zero-order valence-corrected chi connectivity index (χ0v) is 34.6. The van der Waals surface area contributed by atoms with Crippen LogP contribution in [0.5, 0.6) is 5.75 Å². The Kier molecular flexibility index (Phi) is 27.3. The molecule has 2 N–H and O–H groups in total. The summed E-state index contributed by atoms with van der Waals surface area (Å²) >= 11 is 0. The monoisotopic (exact) mass is 740 g/mol. The average Bonchev–Trinajstić information content (AvgIpc) is 3.41. The van der Waals surface area contributed by atoms with Gasteiger partial charge in [-0.05, 0) is 37.0 Å². The molecule has 0 radical (unpaired) electrons. The van der Waals surface area contributed by atoms with Crippen LogP contribution in [0.25, 0.3) is 0 Å². The molecule has 2 rings (SSSR count). The number of hydrogen-bond donors (Lipinski definition) is 2. The van der Waals surface area contributed by atoms with Crippen LogP contribution < -0.4 is 0 Å². The molecule has 0 saturated carbocycles. The van der Waals surface area contributed by atoms with Crippen molar-refractivity contribution in [3.63, 3.8) is 0 Å². The summed E-state index contributed by atoms with van der Waals surface area (Å²) in [5, 5.41) is 21.4. The second-order valence-electron chi connectivity index (χ2n) is 16.1. The van der Waals surface area contributed by atoms with Crippen molar-refractivity contribution in [3.8, 4) is 5.75 Å². The Morgan fingerprint density at radius 1 is 0.642 bits per heavy atom. The van der Waals surface area contributed by atoms with Crippen molar-refractivity contribution in [2.24, 2.45) is 5.92 Å². The summed E-state index contributed by atoms with van der Waals surface area (Å²) in [5.74, 6) is -0.865. The quantitative estimate of drug-likeness (QED) is 0.0416. The summed E-state index contributed by atoms with van der Waals surface area (Å²) in [6.45, 7) is 5.12. The fourth-order valence-corrected chi connectivity index (χ4v) is 8.18. The van der Waals surface area contributed by atoms with Gasteiger partial charge in [0.15, 0.2) is 5.78 Å². The second kappa shape index (κ2) is 30.9. The minimum atomic E-state index is -1.06. The summed E-state index contributed by atoms with van der Waals surface area (Å²) in [5.41, 5.74) is 1.63. The first-order valence-electron chi connectivity index (χ1n) is 22.5. The number of unbranched alkanes of at least 4 members (excludes halogenated alkanes) is 25. The molecule has 1 fully saturated rings. The largest absolute Gasteiger partial charge is 0.508 e. The van der Waals surface area contributed by atoms with Crippen LogP contribution in [0.1, 0.15) is 206 Å². The molecule has 1 saturated heterocycles. The average molecular weight is 740 g/mol. The predicted molar refractivity (Wildman–Crippen MR) is 222 cm³/mol. The lowest BCUT2D eigenvalue weighted by molar-refractivity contribution is -0.149. The van der Waals surface area contributed by atoms with Gasteiger partial charge in [-0.15, -0.1) is 0 Å². The number of allylic oxidation sites excluding steroid dienone is 1. The zero-order chi connectivity index (χ0) is 38.4. The summed E-state index contributed by atoms with van der Waals surface area (Å²) in [6.07, 6.45) is 37.0. The highest BCUT2D eigenvalue weighted by Crippen LogP contribution is 2.37. The van der Waals surface area contributed by atoms with Gasteiger partial charge in [0.2, 0.25) is 0 Å². The van der Waals surface area contributed by atoms with Crippen LogP contribution >= 0.6 is 0 Å². The van der Waals surface area contributed by atoms with Gasteiger partial charge in [-0.2, -0.15) is 0 Å². The second-order valence-corrected chi connectivity index (χ2v) is 16.1. The standard InChI is InChI=1S/C47H81NO5/c1-4-6-8-10-12-14-16-18-20-21-23-25-27-29-31-42(50)39-44-46(51)45(47(52)53-3)43(48(44)38-37-40-33-35-41(49)36-34-40)32-30-28-26-24-22-19-17-15-13-11-9-7-5-2/h33-36,39,43,45-46,49,51H,4-32,37-38H2,1-3H3/b44-39+/t43-,45-,46+/m0/s1. The number of rotatable bonds is 34. The van der Waals surface area contributed by atoms with Crippen LogP contribution in [0.3, 0.4) is 0 Å². The molecular formula is C47H81NO5. The molecule has 1 aliphatic rings. The van der Waals surface area contributed by atoms with Crippen LogP contribution in [-0.2, 0) is 20.7 Å². The van der Waals surface area contributed by atoms with E-state index in [0.717, 1.165) is 44.1 Å². The highest BCUT2D eigenvalue weighted by molar-refractivity contribution is 5.90. The number of ether oxygens (including phenoxy) is 1. The van der Waals surface area contributed by atoms with Crippen molar-refractivity contribution >= 4 is 11.8 Å². The van der Waals surface area contributed by atoms with Crippen LogP contribution in [0.15, 0.2) is 36.0 Å². The molecule has 53 heavy (non-hydrogen) atoms. The Bertz CT molecular complexity index is 1080. The van der Waals surface area contributed by atoms with E-state index < -0.39 is 18.0 Å². The SMILES string of the molecule is CCCCCCCCCCCCCCCCC(=O)/C=C1\[C@@H](O)[C@@H](C(=O)OC)[C@H](CCCCCCCCCCCCCCC)N1CCc1ccc(O)cc1. The molecule has 6 heteroatoms. The predicted octanol–water partition coefficient (Wildman–Crippen LogP) is 12.6. The Morgan fingerprint density at radius 3 is 1.49 bits per heavy atom. The number of phenolic OH excluding ortho intramolecular Hbond substituents is 1. The zero-order valence-electron chi connectivity index (χ0n) is 34.6. The molecule has 0 aliphatic carbocycles. The Morgan fingerprint density at radius 2 is 1.06 bits per heavy atom. The van der Waals surface area contributed by atoms with Gasteiger partial charge in [-0.3, -0.25) is 9.59 Å². The number of likely N-dealkylation sites (tertiary alicyclic amines) is 1. The van der Waals surface area contributed by atoms with Crippen molar-refractivity contribution in [2.75, 3.05) is 13.7 Å². The molecular weight excluding hydrogens is 659 g/mol. The fourth-order valence-electron chi connectivity index (χ4n) is 8.18. The van der Waals surface area contributed by atoms with Crippen molar-refractivity contribution in [2.45, 2.75) is 219 Å². The molecule has 1 heterocycles. The van der Waals surface area contributed by atoms with E-state index in [1.54, 1.807) is 18.2 Å². The van der Waals surface area contributed by atoms with Gasteiger partial charge in [0.05, 0.1) is 7.11 Å². The van der Waals surface area contributed by atoms with E-state index in [1.807, 2.05) is 12.1 Å². The van der Waals surface area contributed by atoms with E-state index in [2.05, 4.69) is 18.7 Å². The molecule has 3 atom stereocenters. The number of nitrogens with zero attached hydrogens (tertiary/aromatic N) is 1. The minimum absolute atomic E-state index is 0.0258. The maximum atomic E-state index is 13.3. The van der Waals surface area contributed by atoms with Crippen molar-refractivity contribution in [1.82, 2.24) is 4.90 Å². The molecule has 1 aromatic carbocycles. The van der Waals surface area contributed by atoms with Gasteiger partial charge >= 0.3 is 5.97 Å². The third-order valence-corrected chi connectivity index (χ3v) is 11.5. The van der Waals surface area contributed by atoms with E-state index in [4.69, 9.17) is 4.74 Å². The number of benzene rings is 1. The lowest BCUT2D eigenvalue weighted by Gasteiger charge is -2.29. The van der Waals surface area contributed by atoms with Gasteiger partial charge in [-0.25, -0.2) is 0 Å². The van der Waals surface area contributed by atoms with Crippen LogP contribution in [0, 0.1) is 5.92 Å². The summed E-state index contributed by atoms with van der Waals surface area (Å²) in [6, 6.07) is 6.97. The lowest BCUT2D eigenvalue weighted by Crippen LogP contribution is -2.38. The molecule has 0 aromatic heterocycles. The first-order valence-corrected chi connectivity index (χ1v) is 22.5. The van der Waals surface area contributed by atoms with Crippen LogP contribution in [0.4, 0.5) is 0 Å². The van der Waals surface area contributed by atoms with Gasteiger partial charge in [0.25, 0.3) is 0 Å². The lowest BCUT2D eigenvalue weighted by atomic mass is 9.92. The third-order valence-electron chi connectivity index (χ3n) is 11.5.